The summed E-state index contributed by atoms with van der Waals surface area (Å²) in [6.45, 7) is 0. The zero-order valence-corrected chi connectivity index (χ0v) is 9.69. The topological polar surface area (TPSA) is 0 Å². The van der Waals surface area contributed by atoms with E-state index in [-0.39, 0.29) is 0 Å². The second-order valence-corrected chi connectivity index (χ2v) is 4.46. The van der Waals surface area contributed by atoms with Gasteiger partial charge in [-0.3, -0.25) is 0 Å². The largest absolute Gasteiger partial charge is 0.199 e. The Bertz CT molecular complexity index is 173. The zero-order valence-electron chi connectivity index (χ0n) is 3.79. The van der Waals surface area contributed by atoms with Crippen LogP contribution in [0.3, 0.4) is 0 Å². The van der Waals surface area contributed by atoms with E-state index >= 15 is 0 Å². The van der Waals surface area contributed by atoms with Crippen molar-refractivity contribution in [3.05, 3.63) is 23.7 Å². The first kappa shape index (κ1) is 7.40. The number of rotatable bonds is 0. The molecule has 0 N–H and O–H groups in total. The summed E-state index contributed by atoms with van der Waals surface area (Å²) < 4.78 is 3.79. The predicted molar refractivity (Wildman–Crippen MR) is 55.2 cm³/mol. The SMILES string of the molecule is Brc1c(I)cc[c-]1I. The Labute approximate surface area is 83.8 Å². The first-order valence-electron chi connectivity index (χ1n) is 1.98. The molecule has 0 aliphatic carbocycles. The Balaban J connectivity index is 3.19. The Morgan fingerprint density at radius 3 is 2.38 bits per heavy atom. The molecule has 1 aromatic rings. The third kappa shape index (κ3) is 1.41. The Morgan fingerprint density at radius 2 is 2.25 bits per heavy atom. The highest BCUT2D eigenvalue weighted by atomic mass is 127. The smallest absolute Gasteiger partial charge is 0.0763 e. The highest BCUT2D eigenvalue weighted by molar-refractivity contribution is 14.1. The molecular weight excluding hydrogens is 394 g/mol. The van der Waals surface area contributed by atoms with Crippen molar-refractivity contribution in [2.45, 2.75) is 0 Å². The van der Waals surface area contributed by atoms with Gasteiger partial charge in [0, 0.05) is 0 Å². The molecule has 3 heteroatoms. The Morgan fingerprint density at radius 1 is 1.62 bits per heavy atom. The van der Waals surface area contributed by atoms with Crippen molar-refractivity contribution in [1.82, 2.24) is 0 Å². The quantitative estimate of drug-likeness (QED) is 0.467. The summed E-state index contributed by atoms with van der Waals surface area (Å²) in [5, 5.41) is 0. The van der Waals surface area contributed by atoms with Crippen molar-refractivity contribution in [3.63, 3.8) is 0 Å². The van der Waals surface area contributed by atoms with Gasteiger partial charge in [0.2, 0.25) is 0 Å². The van der Waals surface area contributed by atoms with Gasteiger partial charge in [0.15, 0.2) is 0 Å². The van der Waals surface area contributed by atoms with E-state index in [0.717, 1.165) is 0 Å². The van der Waals surface area contributed by atoms with Crippen molar-refractivity contribution in [1.29, 1.82) is 0 Å². The summed E-state index contributed by atoms with van der Waals surface area (Å²) >= 11 is 8.02. The second-order valence-electron chi connectivity index (χ2n) is 1.34. The van der Waals surface area contributed by atoms with E-state index in [1.165, 1.54) is 11.6 Å². The van der Waals surface area contributed by atoms with E-state index in [1.807, 2.05) is 0 Å². The van der Waals surface area contributed by atoms with Crippen LogP contribution in [-0.4, -0.2) is 0 Å². The summed E-state index contributed by atoms with van der Waals surface area (Å²) in [5.41, 5.74) is 0. The van der Waals surface area contributed by atoms with Crippen molar-refractivity contribution < 1.29 is 0 Å². The summed E-state index contributed by atoms with van der Waals surface area (Å²) in [6, 6.07) is 4.18. The molecule has 0 saturated heterocycles. The van der Waals surface area contributed by atoms with Crippen LogP contribution < -0.4 is 0 Å². The summed E-state index contributed by atoms with van der Waals surface area (Å²) in [5.74, 6) is 0. The van der Waals surface area contributed by atoms with Gasteiger partial charge >= 0.3 is 0 Å². The highest BCUT2D eigenvalue weighted by Crippen LogP contribution is 2.25. The molecule has 0 nitrogen and oxygen atoms in total. The van der Waals surface area contributed by atoms with Crippen LogP contribution in [0, 0.1) is 7.14 Å². The van der Waals surface area contributed by atoms with Crippen LogP contribution in [0.1, 0.15) is 0 Å². The fraction of sp³-hybridized carbons (Fsp3) is 0. The maximum Gasteiger partial charge on any atom is -0.0763 e. The zero-order chi connectivity index (χ0) is 6.15. The van der Waals surface area contributed by atoms with E-state index in [4.69, 9.17) is 0 Å². The molecule has 0 atom stereocenters. The van der Waals surface area contributed by atoms with Gasteiger partial charge in [0.25, 0.3) is 0 Å². The van der Waals surface area contributed by atoms with Gasteiger partial charge < -0.3 is 0 Å². The molecule has 0 aliphatic rings. The predicted octanol–water partition coefficient (Wildman–Crippen LogP) is 3.38. The van der Waals surface area contributed by atoms with Crippen LogP contribution in [-0.2, 0) is 0 Å². The molecule has 0 bridgehead atoms. The van der Waals surface area contributed by atoms with Gasteiger partial charge in [0.05, 0.1) is 0 Å². The molecular formula is C5H2BrI2-. The molecule has 0 aromatic heterocycles. The van der Waals surface area contributed by atoms with Gasteiger partial charge in [-0.1, -0.05) is 24.0 Å². The molecule has 8 heavy (non-hydrogen) atoms. The maximum absolute atomic E-state index is 3.43. The van der Waals surface area contributed by atoms with Crippen LogP contribution in [0.4, 0.5) is 0 Å². The lowest BCUT2D eigenvalue weighted by Gasteiger charge is -1.93. The third-order valence-corrected chi connectivity index (χ3v) is 4.93. The molecule has 0 unspecified atom stereocenters. The van der Waals surface area contributed by atoms with E-state index in [9.17, 15) is 0 Å². The lowest BCUT2D eigenvalue weighted by molar-refractivity contribution is 1.73. The average Bonchev–Trinajstić information content (AvgIpc) is 1.98. The van der Waals surface area contributed by atoms with Crippen molar-refractivity contribution in [2.75, 3.05) is 0 Å². The lowest BCUT2D eigenvalue weighted by atomic mass is 10.7. The summed E-state index contributed by atoms with van der Waals surface area (Å²) in [4.78, 5) is 0. The van der Waals surface area contributed by atoms with E-state index < -0.39 is 0 Å². The molecule has 0 amide bonds. The Hall–Kier alpha value is 1.29. The minimum atomic E-state index is 1.22. The minimum absolute atomic E-state index is 1.22. The van der Waals surface area contributed by atoms with Gasteiger partial charge in [-0.25, -0.2) is 0 Å². The standard InChI is InChI=1S/C5H2BrI2/c6-5-3(7)1-2-4(5)8/h1-2H/q-1. The molecule has 0 spiro atoms. The second kappa shape index (κ2) is 2.92. The molecule has 0 radical (unpaired) electrons. The van der Waals surface area contributed by atoms with E-state index in [2.05, 4.69) is 73.2 Å². The van der Waals surface area contributed by atoms with Crippen LogP contribution >= 0.6 is 61.1 Å². The molecule has 44 valence electrons. The monoisotopic (exact) mass is 395 g/mol. The van der Waals surface area contributed by atoms with E-state index in [1.54, 1.807) is 0 Å². The molecule has 0 heterocycles. The van der Waals surface area contributed by atoms with Crippen LogP contribution in [0.5, 0.6) is 0 Å². The van der Waals surface area contributed by atoms with Crippen LogP contribution in [0.25, 0.3) is 0 Å². The van der Waals surface area contributed by atoms with Crippen molar-refractivity contribution >= 4 is 61.1 Å². The first-order chi connectivity index (χ1) is 3.72. The van der Waals surface area contributed by atoms with Crippen LogP contribution in [0.2, 0.25) is 0 Å². The first-order valence-corrected chi connectivity index (χ1v) is 4.93. The van der Waals surface area contributed by atoms with Gasteiger partial charge in [-0.05, 0) is 0 Å². The molecule has 0 saturated carbocycles. The fourth-order valence-electron chi connectivity index (χ4n) is 0.407. The lowest BCUT2D eigenvalue weighted by Crippen LogP contribution is -1.61. The summed E-state index contributed by atoms with van der Waals surface area (Å²) in [7, 11) is 0. The number of hydrogen-bond acceptors (Lipinski definition) is 0. The van der Waals surface area contributed by atoms with Crippen LogP contribution in [0.15, 0.2) is 16.6 Å². The molecule has 0 aliphatic heterocycles. The summed E-state index contributed by atoms with van der Waals surface area (Å²) in [6.07, 6.45) is 0. The fourth-order valence-corrected chi connectivity index (χ4v) is 2.13. The average molecular weight is 396 g/mol. The number of halogens is 3. The molecule has 1 rings (SSSR count). The normalized spacial score (nSPS) is 9.88. The van der Waals surface area contributed by atoms with Gasteiger partial charge in [-0.2, -0.15) is 12.1 Å². The molecule has 0 fully saturated rings. The van der Waals surface area contributed by atoms with Crippen molar-refractivity contribution in [3.8, 4) is 0 Å². The number of hydrogen-bond donors (Lipinski definition) is 0. The molecule has 1 aromatic carbocycles. The highest BCUT2D eigenvalue weighted by Gasteiger charge is 1.87. The Kier molecular flexibility index (Phi) is 2.70. The maximum atomic E-state index is 3.43. The third-order valence-electron chi connectivity index (χ3n) is 0.795. The minimum Gasteiger partial charge on any atom is -0.199 e. The van der Waals surface area contributed by atoms with Gasteiger partial charge in [0.1, 0.15) is 0 Å². The van der Waals surface area contributed by atoms with Crippen molar-refractivity contribution in [2.24, 2.45) is 0 Å². The van der Waals surface area contributed by atoms with Gasteiger partial charge in [-0.15, -0.1) is 48.8 Å². The van der Waals surface area contributed by atoms with E-state index in [0.29, 0.717) is 0 Å².